The molecule has 1 aromatic rings. The van der Waals surface area contributed by atoms with Gasteiger partial charge in [0.05, 0.1) is 17.3 Å². The number of rotatable bonds is 7. The van der Waals surface area contributed by atoms with Crippen LogP contribution in [0.2, 0.25) is 0 Å². The van der Waals surface area contributed by atoms with Crippen molar-refractivity contribution in [3.05, 3.63) is 35.9 Å². The second kappa shape index (κ2) is 8.02. The van der Waals surface area contributed by atoms with Crippen LogP contribution in [0.4, 0.5) is 0 Å². The fourth-order valence-electron chi connectivity index (χ4n) is 2.51. The van der Waals surface area contributed by atoms with Crippen molar-refractivity contribution >= 4 is 27.5 Å². The molecule has 1 N–H and O–H groups in total. The van der Waals surface area contributed by atoms with E-state index >= 15 is 0 Å². The van der Waals surface area contributed by atoms with E-state index in [9.17, 15) is 13.2 Å². The van der Waals surface area contributed by atoms with Crippen LogP contribution in [0, 0.1) is 0 Å². The van der Waals surface area contributed by atoms with Crippen molar-refractivity contribution in [2.24, 2.45) is 0 Å². The highest BCUT2D eigenvalue weighted by Crippen LogP contribution is 2.24. The molecule has 0 aliphatic carbocycles. The summed E-state index contributed by atoms with van der Waals surface area (Å²) in [5, 5.41) is 3.00. The van der Waals surface area contributed by atoms with Crippen LogP contribution < -0.4 is 5.32 Å². The lowest BCUT2D eigenvalue weighted by Crippen LogP contribution is -2.27. The van der Waals surface area contributed by atoms with E-state index in [2.05, 4.69) is 24.4 Å². The molecule has 0 unspecified atom stereocenters. The van der Waals surface area contributed by atoms with Crippen LogP contribution in [0.15, 0.2) is 30.3 Å². The van der Waals surface area contributed by atoms with Crippen molar-refractivity contribution in [3.8, 4) is 0 Å². The lowest BCUT2D eigenvalue weighted by atomic mass is 9.98. The molecule has 122 valence electrons. The van der Waals surface area contributed by atoms with E-state index in [1.54, 1.807) is 0 Å². The molecule has 1 aromatic carbocycles. The molecule has 2 rings (SSSR count). The first-order chi connectivity index (χ1) is 10.5. The average Bonchev–Trinajstić information content (AvgIpc) is 2.85. The molecule has 1 fully saturated rings. The Morgan fingerprint density at radius 3 is 2.73 bits per heavy atom. The Morgan fingerprint density at radius 2 is 2.09 bits per heavy atom. The lowest BCUT2D eigenvalue weighted by Gasteiger charge is -2.13. The summed E-state index contributed by atoms with van der Waals surface area (Å²) in [6.07, 6.45) is 1.57. The molecule has 1 heterocycles. The smallest absolute Gasteiger partial charge is 0.230 e. The highest BCUT2D eigenvalue weighted by atomic mass is 32.2. The molecule has 0 radical (unpaired) electrons. The predicted octanol–water partition coefficient (Wildman–Crippen LogP) is 2.22. The van der Waals surface area contributed by atoms with Crippen LogP contribution in [0.5, 0.6) is 0 Å². The van der Waals surface area contributed by atoms with Crippen LogP contribution in [-0.4, -0.2) is 43.4 Å². The minimum Gasteiger partial charge on any atom is -0.355 e. The van der Waals surface area contributed by atoms with Gasteiger partial charge in [0, 0.05) is 11.8 Å². The molecule has 0 aromatic heterocycles. The Balaban J connectivity index is 1.62. The van der Waals surface area contributed by atoms with E-state index < -0.39 is 9.84 Å². The summed E-state index contributed by atoms with van der Waals surface area (Å²) in [6.45, 7) is 2.80. The van der Waals surface area contributed by atoms with Crippen molar-refractivity contribution in [2.75, 3.05) is 23.8 Å². The SMILES string of the molecule is C[C@H](CCNC(=O)CS[C@H]1CCS(=O)(=O)C1)c1ccccc1. The summed E-state index contributed by atoms with van der Waals surface area (Å²) >= 11 is 1.46. The van der Waals surface area contributed by atoms with Gasteiger partial charge >= 0.3 is 0 Å². The van der Waals surface area contributed by atoms with Gasteiger partial charge in [0.25, 0.3) is 0 Å². The van der Waals surface area contributed by atoms with Crippen LogP contribution in [0.3, 0.4) is 0 Å². The van der Waals surface area contributed by atoms with E-state index in [4.69, 9.17) is 0 Å². The molecule has 0 saturated carbocycles. The van der Waals surface area contributed by atoms with Crippen LogP contribution in [0.25, 0.3) is 0 Å². The van der Waals surface area contributed by atoms with E-state index in [1.807, 2.05) is 18.2 Å². The molecule has 2 atom stereocenters. The van der Waals surface area contributed by atoms with Crippen molar-refractivity contribution < 1.29 is 13.2 Å². The third-order valence-corrected chi connectivity index (χ3v) is 7.19. The Hall–Kier alpha value is -1.01. The number of benzene rings is 1. The van der Waals surface area contributed by atoms with E-state index in [0.717, 1.165) is 6.42 Å². The Bertz CT molecular complexity index is 587. The maximum Gasteiger partial charge on any atom is 0.230 e. The minimum atomic E-state index is -2.85. The first kappa shape index (κ1) is 17.3. The number of nitrogens with one attached hydrogen (secondary N) is 1. The van der Waals surface area contributed by atoms with Crippen molar-refractivity contribution in [1.29, 1.82) is 0 Å². The number of carbonyl (C=O) groups is 1. The molecule has 22 heavy (non-hydrogen) atoms. The normalized spacial score (nSPS) is 21.4. The third-order valence-electron chi connectivity index (χ3n) is 3.91. The van der Waals surface area contributed by atoms with Gasteiger partial charge in [0.1, 0.15) is 0 Å². The zero-order chi connectivity index (χ0) is 16.0. The maximum absolute atomic E-state index is 11.8. The lowest BCUT2D eigenvalue weighted by molar-refractivity contribution is -0.118. The van der Waals surface area contributed by atoms with Gasteiger partial charge in [-0.25, -0.2) is 8.42 Å². The number of carbonyl (C=O) groups excluding carboxylic acids is 1. The van der Waals surface area contributed by atoms with Gasteiger partial charge in [-0.2, -0.15) is 0 Å². The van der Waals surface area contributed by atoms with Gasteiger partial charge in [-0.1, -0.05) is 37.3 Å². The number of hydrogen-bond acceptors (Lipinski definition) is 4. The summed E-state index contributed by atoms with van der Waals surface area (Å²) < 4.78 is 22.7. The zero-order valence-electron chi connectivity index (χ0n) is 12.8. The van der Waals surface area contributed by atoms with Crippen molar-refractivity contribution in [2.45, 2.75) is 30.9 Å². The maximum atomic E-state index is 11.8. The average molecular weight is 341 g/mol. The largest absolute Gasteiger partial charge is 0.355 e. The van der Waals surface area contributed by atoms with Gasteiger partial charge in [-0.05, 0) is 24.3 Å². The van der Waals surface area contributed by atoms with Crippen molar-refractivity contribution in [1.82, 2.24) is 5.32 Å². The molecular formula is C16H23NO3S2. The van der Waals surface area contributed by atoms with Gasteiger partial charge in [-0.3, -0.25) is 4.79 Å². The monoisotopic (exact) mass is 341 g/mol. The van der Waals surface area contributed by atoms with E-state index in [1.165, 1.54) is 17.3 Å². The molecule has 1 aliphatic rings. The number of amides is 1. The topological polar surface area (TPSA) is 63.2 Å². The zero-order valence-corrected chi connectivity index (χ0v) is 14.5. The highest BCUT2D eigenvalue weighted by molar-refractivity contribution is 8.02. The summed E-state index contributed by atoms with van der Waals surface area (Å²) in [4.78, 5) is 11.8. The number of hydrogen-bond donors (Lipinski definition) is 1. The predicted molar refractivity (Wildman–Crippen MR) is 92.0 cm³/mol. The van der Waals surface area contributed by atoms with Crippen LogP contribution in [0.1, 0.15) is 31.2 Å². The first-order valence-corrected chi connectivity index (χ1v) is 10.5. The highest BCUT2D eigenvalue weighted by Gasteiger charge is 2.28. The Morgan fingerprint density at radius 1 is 1.36 bits per heavy atom. The fraction of sp³-hybridized carbons (Fsp3) is 0.562. The van der Waals surface area contributed by atoms with Crippen molar-refractivity contribution in [3.63, 3.8) is 0 Å². The first-order valence-electron chi connectivity index (χ1n) is 7.60. The minimum absolute atomic E-state index is 0.00504. The summed E-state index contributed by atoms with van der Waals surface area (Å²) in [6, 6.07) is 10.2. The quantitative estimate of drug-likeness (QED) is 0.826. The molecule has 4 nitrogen and oxygen atoms in total. The summed E-state index contributed by atoms with van der Waals surface area (Å²) in [5.74, 6) is 1.24. The van der Waals surface area contributed by atoms with Gasteiger partial charge < -0.3 is 5.32 Å². The second-order valence-corrected chi connectivity index (χ2v) is 9.30. The molecule has 0 spiro atoms. The molecular weight excluding hydrogens is 318 g/mol. The molecule has 1 saturated heterocycles. The van der Waals surface area contributed by atoms with Gasteiger partial charge in [-0.15, -0.1) is 11.8 Å². The Kier molecular flexibility index (Phi) is 6.32. The number of sulfone groups is 1. The van der Waals surface area contributed by atoms with Gasteiger partial charge in [0.15, 0.2) is 9.84 Å². The van der Waals surface area contributed by atoms with Gasteiger partial charge in [0.2, 0.25) is 5.91 Å². The number of thioether (sulfide) groups is 1. The Labute approximate surface area is 137 Å². The second-order valence-electron chi connectivity index (χ2n) is 5.79. The fourth-order valence-corrected chi connectivity index (χ4v) is 5.99. The summed E-state index contributed by atoms with van der Waals surface area (Å²) in [5.41, 5.74) is 1.28. The van der Waals surface area contributed by atoms with E-state index in [0.29, 0.717) is 24.6 Å². The van der Waals surface area contributed by atoms with Crippen LogP contribution >= 0.6 is 11.8 Å². The molecule has 6 heteroatoms. The molecule has 1 amide bonds. The third kappa shape index (κ3) is 5.65. The van der Waals surface area contributed by atoms with Crippen LogP contribution in [-0.2, 0) is 14.6 Å². The van der Waals surface area contributed by atoms with E-state index in [-0.39, 0.29) is 22.7 Å². The summed E-state index contributed by atoms with van der Waals surface area (Å²) in [7, 11) is -2.85. The molecule has 1 aliphatic heterocycles. The standard InChI is InChI=1S/C16H23NO3S2/c1-13(14-5-3-2-4-6-14)7-9-17-16(18)11-21-15-8-10-22(19,20)12-15/h2-6,13,15H,7-12H2,1H3,(H,17,18)/t13-,15+/m1/s1. The molecule has 0 bridgehead atoms.